The molecule has 0 aromatic heterocycles. The van der Waals surface area contributed by atoms with Gasteiger partial charge in [-0.2, -0.15) is 0 Å². The number of likely N-dealkylation sites (N-methyl/N-ethyl adjacent to an activating group) is 1. The van der Waals surface area contributed by atoms with Crippen LogP contribution in [0.5, 0.6) is 0 Å². The summed E-state index contributed by atoms with van der Waals surface area (Å²) in [6, 6.07) is -0.344. The summed E-state index contributed by atoms with van der Waals surface area (Å²) in [6.07, 6.45) is 1.46. The quantitative estimate of drug-likeness (QED) is 0.336. The highest BCUT2D eigenvalue weighted by Crippen LogP contribution is 2.44. The molecule has 0 saturated heterocycles. The van der Waals surface area contributed by atoms with Crippen LogP contribution in [0.2, 0.25) is 0 Å². The normalized spacial score (nSPS) is 22.6. The molecule has 0 amide bonds. The summed E-state index contributed by atoms with van der Waals surface area (Å²) in [4.78, 5) is 26.3. The topological polar surface area (TPSA) is 102 Å². The Morgan fingerprint density at radius 2 is 1.96 bits per heavy atom. The number of nitrogens with two attached hydrogens (primary N) is 1. The lowest BCUT2D eigenvalue weighted by Gasteiger charge is -2.29. The van der Waals surface area contributed by atoms with Gasteiger partial charge in [-0.1, -0.05) is 0 Å². The Hall–Kier alpha value is -0.890. The summed E-state index contributed by atoms with van der Waals surface area (Å²) in [5, 5.41) is 0. The van der Waals surface area contributed by atoms with E-state index < -0.39 is 7.67 Å². The number of hydrogen-bond donors (Lipinski definition) is 1. The number of allylic oxidation sites excluding steroid dienone is 2. The van der Waals surface area contributed by atoms with E-state index in [1.54, 1.807) is 11.9 Å². The first-order valence-electron chi connectivity index (χ1n) is 7.98. The van der Waals surface area contributed by atoms with Crippen molar-refractivity contribution in [2.24, 2.45) is 5.50 Å². The molecule has 0 fully saturated rings. The van der Waals surface area contributed by atoms with Gasteiger partial charge in [0.2, 0.25) is 11.6 Å². The molecule has 2 unspecified atom stereocenters. The summed E-state index contributed by atoms with van der Waals surface area (Å²) in [5.74, 6) is -0.144. The zero-order valence-electron chi connectivity index (χ0n) is 14.6. The number of methoxy groups -OCH3 is 1. The average Bonchev–Trinajstić information content (AvgIpc) is 2.93. The van der Waals surface area contributed by atoms with Crippen molar-refractivity contribution in [2.45, 2.75) is 12.5 Å². The lowest BCUT2D eigenvalue weighted by molar-refractivity contribution is -0.118. The number of alkyl halides is 2. The first-order valence-corrected chi connectivity index (χ1v) is 10.7. The molecule has 0 spiro atoms. The summed E-state index contributed by atoms with van der Waals surface area (Å²) in [7, 11) is -0.566. The minimum Gasteiger partial charge on any atom is -0.493 e. The number of rotatable bonds is 9. The van der Waals surface area contributed by atoms with Crippen molar-refractivity contribution in [3.8, 4) is 0 Å². The number of hydrogen-bond acceptors (Lipinski definition) is 6. The molecule has 0 saturated carbocycles. The van der Waals surface area contributed by atoms with Crippen LogP contribution in [0.1, 0.15) is 6.42 Å². The van der Waals surface area contributed by atoms with Crippen molar-refractivity contribution >= 4 is 42.4 Å². The van der Waals surface area contributed by atoms with Crippen molar-refractivity contribution < 1.29 is 23.4 Å². The van der Waals surface area contributed by atoms with Gasteiger partial charge < -0.3 is 14.2 Å². The molecule has 0 bridgehead atoms. The number of nitrogens with zero attached hydrogens (tertiary/aromatic N) is 2. The number of ketones is 2. The molecule has 2 aliphatic rings. The monoisotopic (exact) mass is 425 g/mol. The molecule has 0 aromatic carbocycles. The highest BCUT2D eigenvalue weighted by Gasteiger charge is 2.41. The molecule has 26 heavy (non-hydrogen) atoms. The second-order valence-electron chi connectivity index (χ2n) is 5.89. The van der Waals surface area contributed by atoms with Gasteiger partial charge in [0.25, 0.3) is 0 Å². The molecule has 8 nitrogen and oxygen atoms in total. The summed E-state index contributed by atoms with van der Waals surface area (Å²) in [6.45, 7) is 0.534. The molecule has 2 rings (SSSR count). The predicted octanol–water partition coefficient (Wildman–Crippen LogP) is 1.49. The Morgan fingerprint density at radius 3 is 2.50 bits per heavy atom. The molecule has 1 aliphatic carbocycles. The van der Waals surface area contributed by atoms with Crippen molar-refractivity contribution in [1.82, 2.24) is 9.57 Å². The molecular formula is C15H22Cl2N3O5P. The fourth-order valence-corrected chi connectivity index (χ4v) is 4.92. The number of carbonyl (C=O) groups excluding carboxylic acids is 2. The highest BCUT2D eigenvalue weighted by atomic mass is 35.5. The van der Waals surface area contributed by atoms with Crippen LogP contribution in [0.3, 0.4) is 0 Å². The third-order valence-corrected chi connectivity index (χ3v) is 6.42. The average molecular weight is 426 g/mol. The van der Waals surface area contributed by atoms with Crippen molar-refractivity contribution in [1.29, 1.82) is 0 Å². The molecule has 2 N–H and O–H groups in total. The molecule has 1 heterocycles. The van der Waals surface area contributed by atoms with E-state index in [0.29, 0.717) is 11.3 Å². The third-order valence-electron chi connectivity index (χ3n) is 4.37. The van der Waals surface area contributed by atoms with Gasteiger partial charge >= 0.3 is 7.67 Å². The van der Waals surface area contributed by atoms with Crippen LogP contribution in [0, 0.1) is 0 Å². The van der Waals surface area contributed by atoms with E-state index in [4.69, 9.17) is 38.0 Å². The number of carbonyl (C=O) groups is 2. The van der Waals surface area contributed by atoms with E-state index in [2.05, 4.69) is 0 Å². The lowest BCUT2D eigenvalue weighted by atomic mass is 9.98. The Labute approximate surface area is 162 Å². The largest absolute Gasteiger partial charge is 0.493 e. The molecule has 2 atom stereocenters. The molecular weight excluding hydrogens is 404 g/mol. The first-order chi connectivity index (χ1) is 12.3. The van der Waals surface area contributed by atoms with Crippen LogP contribution in [-0.4, -0.2) is 72.8 Å². The zero-order valence-corrected chi connectivity index (χ0v) is 17.0. The highest BCUT2D eigenvalue weighted by molar-refractivity contribution is 7.53. The first kappa shape index (κ1) is 21.4. The van der Waals surface area contributed by atoms with Crippen LogP contribution >= 0.6 is 30.9 Å². The van der Waals surface area contributed by atoms with Gasteiger partial charge in [-0.25, -0.2) is 10.2 Å². The smallest absolute Gasteiger partial charge is 0.340 e. The Kier molecular flexibility index (Phi) is 7.30. The zero-order chi connectivity index (χ0) is 19.5. The number of ether oxygens (including phenoxy) is 1. The SMILES string of the molecule is COC1=CC(=O)C2=C(CC(COP(N)(=O)N(CCCl)CCCl)N2C)C1=O. The summed E-state index contributed by atoms with van der Waals surface area (Å²) < 4.78 is 24.5. The third kappa shape index (κ3) is 4.32. The maximum atomic E-state index is 12.7. The van der Waals surface area contributed by atoms with Gasteiger partial charge in [-0.15, -0.1) is 23.2 Å². The lowest BCUT2D eigenvalue weighted by Crippen LogP contribution is -2.35. The van der Waals surface area contributed by atoms with E-state index in [1.165, 1.54) is 17.9 Å². The van der Waals surface area contributed by atoms with E-state index in [0.717, 1.165) is 0 Å². The fraction of sp³-hybridized carbons (Fsp3) is 0.600. The van der Waals surface area contributed by atoms with Crippen LogP contribution in [0.15, 0.2) is 23.1 Å². The Bertz CT molecular complexity index is 691. The second kappa shape index (κ2) is 8.87. The maximum absolute atomic E-state index is 12.7. The van der Waals surface area contributed by atoms with E-state index in [1.807, 2.05) is 0 Å². The van der Waals surface area contributed by atoms with E-state index in [-0.39, 0.29) is 61.2 Å². The second-order valence-corrected chi connectivity index (χ2v) is 8.60. The molecule has 0 radical (unpaired) electrons. The standard InChI is InChI=1S/C15H22Cl2N3O5P/c1-19-10(9-25-26(18,23)20(5-3-16)6-4-17)7-11-14(19)12(21)8-13(24-2)15(11)22/h8,10H,3-7,9H2,1-2H3,(H2,18,23). The van der Waals surface area contributed by atoms with Crippen LogP contribution in [0.25, 0.3) is 0 Å². The van der Waals surface area contributed by atoms with Crippen LogP contribution < -0.4 is 5.50 Å². The van der Waals surface area contributed by atoms with Crippen molar-refractivity contribution in [2.75, 3.05) is 45.6 Å². The van der Waals surface area contributed by atoms with Gasteiger partial charge in [-0.05, 0) is 0 Å². The Balaban J connectivity index is 2.06. The van der Waals surface area contributed by atoms with Gasteiger partial charge in [-0.3, -0.25) is 14.2 Å². The summed E-state index contributed by atoms with van der Waals surface area (Å²) >= 11 is 11.4. The summed E-state index contributed by atoms with van der Waals surface area (Å²) in [5.41, 5.74) is 6.53. The van der Waals surface area contributed by atoms with Crippen molar-refractivity contribution in [3.63, 3.8) is 0 Å². The Morgan fingerprint density at radius 1 is 1.35 bits per heavy atom. The maximum Gasteiger partial charge on any atom is 0.340 e. The minimum absolute atomic E-state index is 0.0127. The molecule has 11 heteroatoms. The van der Waals surface area contributed by atoms with Crippen LogP contribution in [0.4, 0.5) is 0 Å². The number of Topliss-reactive ketones (excluding diaryl/α,β-unsaturated/α-hetero) is 1. The van der Waals surface area contributed by atoms with E-state index >= 15 is 0 Å². The molecule has 1 aliphatic heterocycles. The minimum atomic E-state index is -3.59. The van der Waals surface area contributed by atoms with Crippen LogP contribution in [-0.2, 0) is 23.4 Å². The number of halogens is 2. The van der Waals surface area contributed by atoms with Gasteiger partial charge in [0.05, 0.1) is 25.5 Å². The fourth-order valence-electron chi connectivity index (χ4n) is 2.97. The van der Waals surface area contributed by atoms with Crippen molar-refractivity contribution in [3.05, 3.63) is 23.1 Å². The van der Waals surface area contributed by atoms with Gasteiger partial charge in [0.15, 0.2) is 5.76 Å². The van der Waals surface area contributed by atoms with E-state index in [9.17, 15) is 14.2 Å². The predicted molar refractivity (Wildman–Crippen MR) is 99.1 cm³/mol. The molecule has 0 aromatic rings. The van der Waals surface area contributed by atoms with Gasteiger partial charge in [0.1, 0.15) is 0 Å². The van der Waals surface area contributed by atoms with Gasteiger partial charge in [0, 0.05) is 50.0 Å². The molecule has 146 valence electrons.